The number of ether oxygens (including phenoxy) is 1. The smallest absolute Gasteiger partial charge is 0.439 e. The molecule has 0 saturated heterocycles. The number of carbonyl (C=O) groups is 1. The molecule has 7 nitrogen and oxygen atoms in total. The van der Waals surface area contributed by atoms with E-state index in [9.17, 15) is 14.9 Å². The Kier molecular flexibility index (Phi) is 5.29. The van der Waals surface area contributed by atoms with Crippen LogP contribution in [0.4, 0.5) is 10.5 Å². The van der Waals surface area contributed by atoms with E-state index >= 15 is 0 Å². The Morgan fingerprint density at radius 1 is 1.20 bits per heavy atom. The van der Waals surface area contributed by atoms with Crippen molar-refractivity contribution >= 4 is 40.1 Å². The van der Waals surface area contributed by atoms with Crippen molar-refractivity contribution in [2.24, 2.45) is 0 Å². The highest BCUT2D eigenvalue weighted by molar-refractivity contribution is 14.1. The SMILES string of the molecule is O=C(OCc1ccccc1)N1OCC(I)=C1c1ccc([N+](=O)[O-])cc1. The summed E-state index contributed by atoms with van der Waals surface area (Å²) in [6.45, 7) is 0.372. The van der Waals surface area contributed by atoms with Crippen LogP contribution in [0, 0.1) is 10.1 Å². The Morgan fingerprint density at radius 3 is 2.52 bits per heavy atom. The number of carbonyl (C=O) groups excluding carboxylic acids is 1. The molecule has 2 aromatic rings. The van der Waals surface area contributed by atoms with Crippen LogP contribution in [-0.2, 0) is 16.2 Å². The molecule has 1 amide bonds. The van der Waals surface area contributed by atoms with Gasteiger partial charge in [-0.25, -0.2) is 4.79 Å². The zero-order chi connectivity index (χ0) is 17.8. The molecule has 0 unspecified atom stereocenters. The molecule has 128 valence electrons. The Balaban J connectivity index is 1.75. The molecular weight excluding hydrogens is 439 g/mol. The van der Waals surface area contributed by atoms with Crippen LogP contribution in [0.2, 0.25) is 0 Å². The average Bonchev–Trinajstić information content (AvgIpc) is 3.02. The van der Waals surface area contributed by atoms with Crippen LogP contribution in [0.25, 0.3) is 5.70 Å². The van der Waals surface area contributed by atoms with Crippen LogP contribution in [0.5, 0.6) is 0 Å². The number of non-ortho nitro benzene ring substituents is 1. The van der Waals surface area contributed by atoms with Gasteiger partial charge in [0.05, 0.1) is 10.6 Å². The van der Waals surface area contributed by atoms with E-state index in [1.54, 1.807) is 12.1 Å². The lowest BCUT2D eigenvalue weighted by atomic mass is 10.1. The van der Waals surface area contributed by atoms with E-state index in [1.807, 2.05) is 30.3 Å². The summed E-state index contributed by atoms with van der Waals surface area (Å²) in [4.78, 5) is 28.1. The van der Waals surface area contributed by atoms with Crippen LogP contribution >= 0.6 is 22.6 Å². The first kappa shape index (κ1) is 17.4. The van der Waals surface area contributed by atoms with Crippen molar-refractivity contribution < 1.29 is 19.3 Å². The molecule has 8 heteroatoms. The summed E-state index contributed by atoms with van der Waals surface area (Å²) in [6, 6.07) is 15.3. The van der Waals surface area contributed by atoms with Gasteiger partial charge in [0.25, 0.3) is 5.69 Å². The number of rotatable bonds is 4. The molecule has 0 fully saturated rings. The molecule has 0 saturated carbocycles. The molecule has 2 aromatic carbocycles. The predicted octanol–water partition coefficient (Wildman–Crippen LogP) is 4.28. The number of halogens is 1. The van der Waals surface area contributed by atoms with Gasteiger partial charge in [-0.3, -0.25) is 15.0 Å². The lowest BCUT2D eigenvalue weighted by Crippen LogP contribution is -2.27. The third kappa shape index (κ3) is 3.97. The molecule has 3 rings (SSSR count). The van der Waals surface area contributed by atoms with E-state index in [-0.39, 0.29) is 18.9 Å². The van der Waals surface area contributed by atoms with Crippen LogP contribution < -0.4 is 0 Å². The third-order valence-electron chi connectivity index (χ3n) is 3.50. The maximum atomic E-state index is 12.4. The fourth-order valence-electron chi connectivity index (χ4n) is 2.30. The molecule has 0 N–H and O–H groups in total. The quantitative estimate of drug-likeness (QED) is 0.393. The number of benzene rings is 2. The Labute approximate surface area is 157 Å². The van der Waals surface area contributed by atoms with E-state index in [4.69, 9.17) is 9.57 Å². The van der Waals surface area contributed by atoms with Crippen LogP contribution in [-0.4, -0.2) is 22.7 Å². The molecule has 0 radical (unpaired) electrons. The van der Waals surface area contributed by atoms with Gasteiger partial charge in [0.2, 0.25) is 0 Å². The van der Waals surface area contributed by atoms with Gasteiger partial charge in [-0.1, -0.05) is 30.3 Å². The second kappa shape index (κ2) is 7.62. The number of nitro benzene ring substituents is 1. The molecule has 1 aliphatic rings. The summed E-state index contributed by atoms with van der Waals surface area (Å²) >= 11 is 2.08. The van der Waals surface area contributed by atoms with Gasteiger partial charge in [0.15, 0.2) is 0 Å². The van der Waals surface area contributed by atoms with Crippen LogP contribution in [0.1, 0.15) is 11.1 Å². The Bertz CT molecular complexity index is 821. The predicted molar refractivity (Wildman–Crippen MR) is 98.5 cm³/mol. The summed E-state index contributed by atoms with van der Waals surface area (Å²) in [5.74, 6) is 0. The van der Waals surface area contributed by atoms with Gasteiger partial charge in [0.1, 0.15) is 13.2 Å². The fraction of sp³-hybridized carbons (Fsp3) is 0.118. The highest BCUT2D eigenvalue weighted by Gasteiger charge is 2.30. The van der Waals surface area contributed by atoms with Crippen molar-refractivity contribution in [2.75, 3.05) is 6.61 Å². The number of hydrogen-bond acceptors (Lipinski definition) is 5. The first-order chi connectivity index (χ1) is 12.1. The molecule has 0 bridgehead atoms. The zero-order valence-electron chi connectivity index (χ0n) is 12.9. The molecule has 25 heavy (non-hydrogen) atoms. The minimum atomic E-state index is -0.635. The average molecular weight is 452 g/mol. The number of nitro groups is 1. The van der Waals surface area contributed by atoms with Crippen molar-refractivity contribution in [1.82, 2.24) is 5.06 Å². The maximum Gasteiger partial charge on any atom is 0.439 e. The largest absolute Gasteiger partial charge is 0.443 e. The van der Waals surface area contributed by atoms with E-state index in [0.29, 0.717) is 11.3 Å². The summed E-state index contributed by atoms with van der Waals surface area (Å²) in [7, 11) is 0. The van der Waals surface area contributed by atoms with Crippen molar-refractivity contribution in [1.29, 1.82) is 0 Å². The molecule has 1 heterocycles. The van der Waals surface area contributed by atoms with Gasteiger partial charge in [-0.05, 0) is 40.3 Å². The summed E-state index contributed by atoms with van der Waals surface area (Å²) in [5, 5.41) is 11.9. The van der Waals surface area contributed by atoms with Crippen molar-refractivity contribution in [3.8, 4) is 0 Å². The Hall–Kier alpha value is -2.46. The zero-order valence-corrected chi connectivity index (χ0v) is 15.1. The molecular formula is C17H13IN2O5. The second-order valence-electron chi connectivity index (χ2n) is 5.17. The number of hydroxylamine groups is 2. The van der Waals surface area contributed by atoms with Crippen molar-refractivity contribution in [3.05, 3.63) is 79.4 Å². The molecule has 1 aliphatic heterocycles. The normalized spacial score (nSPS) is 13.9. The summed E-state index contributed by atoms with van der Waals surface area (Å²) in [5.41, 5.74) is 2.03. The molecule has 0 aromatic heterocycles. The summed E-state index contributed by atoms with van der Waals surface area (Å²) in [6.07, 6.45) is -0.635. The van der Waals surface area contributed by atoms with E-state index in [0.717, 1.165) is 14.2 Å². The monoisotopic (exact) mass is 452 g/mol. The van der Waals surface area contributed by atoms with E-state index in [2.05, 4.69) is 22.6 Å². The van der Waals surface area contributed by atoms with E-state index in [1.165, 1.54) is 12.1 Å². The highest BCUT2D eigenvalue weighted by atomic mass is 127. The van der Waals surface area contributed by atoms with Crippen LogP contribution in [0.3, 0.4) is 0 Å². The number of amides is 1. The van der Waals surface area contributed by atoms with E-state index < -0.39 is 11.0 Å². The minimum absolute atomic E-state index is 0.0172. The van der Waals surface area contributed by atoms with Gasteiger partial charge in [0, 0.05) is 21.3 Å². The number of nitrogens with zero attached hydrogens (tertiary/aromatic N) is 2. The molecule has 0 atom stereocenters. The van der Waals surface area contributed by atoms with Gasteiger partial charge >= 0.3 is 6.09 Å². The van der Waals surface area contributed by atoms with Crippen molar-refractivity contribution in [3.63, 3.8) is 0 Å². The minimum Gasteiger partial charge on any atom is -0.443 e. The third-order valence-corrected chi connectivity index (χ3v) is 4.33. The standard InChI is InChI=1S/C17H13IN2O5/c18-15-11-25-19(17(21)24-10-12-4-2-1-3-5-12)16(15)13-6-8-14(9-7-13)20(22)23/h1-9H,10-11H2. The topological polar surface area (TPSA) is 81.9 Å². The highest BCUT2D eigenvalue weighted by Crippen LogP contribution is 2.34. The van der Waals surface area contributed by atoms with Crippen LogP contribution in [0.15, 0.2) is 58.2 Å². The molecule has 0 spiro atoms. The Morgan fingerprint density at radius 2 is 1.88 bits per heavy atom. The molecule has 0 aliphatic carbocycles. The summed E-state index contributed by atoms with van der Waals surface area (Å²) < 4.78 is 6.10. The lowest BCUT2D eigenvalue weighted by Gasteiger charge is -2.18. The lowest BCUT2D eigenvalue weighted by molar-refractivity contribution is -0.384. The van der Waals surface area contributed by atoms with Gasteiger partial charge < -0.3 is 4.74 Å². The van der Waals surface area contributed by atoms with Gasteiger partial charge in [-0.2, -0.15) is 5.06 Å². The fourth-order valence-corrected chi connectivity index (χ4v) is 2.97. The van der Waals surface area contributed by atoms with Crippen molar-refractivity contribution in [2.45, 2.75) is 6.61 Å². The second-order valence-corrected chi connectivity index (χ2v) is 6.47. The first-order valence-electron chi connectivity index (χ1n) is 7.33. The van der Waals surface area contributed by atoms with Gasteiger partial charge in [-0.15, -0.1) is 0 Å². The number of hydrogen-bond donors (Lipinski definition) is 0. The maximum absolute atomic E-state index is 12.4. The first-order valence-corrected chi connectivity index (χ1v) is 8.41.